The highest BCUT2D eigenvalue weighted by Gasteiger charge is 2.32. The summed E-state index contributed by atoms with van der Waals surface area (Å²) in [7, 11) is -4.67. The van der Waals surface area contributed by atoms with Crippen molar-refractivity contribution in [3.05, 3.63) is 144 Å². The summed E-state index contributed by atoms with van der Waals surface area (Å²) < 4.78 is 31.6. The molecule has 4 aromatic rings. The Bertz CT molecular complexity index is 1420. The van der Waals surface area contributed by atoms with Crippen molar-refractivity contribution < 1.29 is 27.7 Å². The number of aliphatic hydroxyl groups is 2. The molecule has 0 atom stereocenters. The van der Waals surface area contributed by atoms with Gasteiger partial charge in [0, 0.05) is 0 Å². The lowest BCUT2D eigenvalue weighted by atomic mass is 9.82. The smallest absolute Gasteiger partial charge is 0.380 e. The summed E-state index contributed by atoms with van der Waals surface area (Å²) in [4.78, 5) is 5.08. The van der Waals surface area contributed by atoms with Crippen molar-refractivity contribution in [2.75, 3.05) is 39.3 Å². The monoisotopic (exact) mass is 716 g/mol. The van der Waals surface area contributed by atoms with Gasteiger partial charge >= 0.3 is 10.4 Å². The van der Waals surface area contributed by atoms with Gasteiger partial charge in [-0.25, -0.2) is 0 Å². The number of likely N-dealkylation sites (tertiary alicyclic amines) is 2. The van der Waals surface area contributed by atoms with E-state index in [1.54, 1.807) is 0 Å². The molecule has 4 aromatic carbocycles. The molecule has 276 valence electrons. The first-order valence-corrected chi connectivity index (χ1v) is 19.8. The normalized spacial score (nSPS) is 15.9. The van der Waals surface area contributed by atoms with E-state index >= 15 is 0 Å². The lowest BCUT2D eigenvalue weighted by Gasteiger charge is -2.32. The van der Waals surface area contributed by atoms with E-state index in [1.165, 1.54) is 64.7 Å². The van der Waals surface area contributed by atoms with Crippen LogP contribution in [0.4, 0.5) is 0 Å². The quantitative estimate of drug-likeness (QED) is 0.110. The van der Waals surface area contributed by atoms with Crippen molar-refractivity contribution in [1.29, 1.82) is 0 Å². The summed E-state index contributed by atoms with van der Waals surface area (Å²) in [5.74, 6) is 0. The van der Waals surface area contributed by atoms with Crippen molar-refractivity contribution in [1.82, 2.24) is 9.80 Å². The molecule has 0 aliphatic carbocycles. The van der Waals surface area contributed by atoms with Crippen LogP contribution in [0.3, 0.4) is 0 Å². The van der Waals surface area contributed by atoms with E-state index in [4.69, 9.17) is 17.5 Å². The van der Waals surface area contributed by atoms with Crippen molar-refractivity contribution in [3.63, 3.8) is 0 Å². The van der Waals surface area contributed by atoms with Crippen LogP contribution in [-0.2, 0) is 21.6 Å². The number of nitrogens with zero attached hydrogens (tertiary/aromatic N) is 2. The average Bonchev–Trinajstić information content (AvgIpc) is 3.16. The van der Waals surface area contributed by atoms with E-state index < -0.39 is 21.6 Å². The first-order valence-electron chi connectivity index (χ1n) is 18.4. The molecule has 4 N–H and O–H groups in total. The first kappa shape index (κ1) is 40.4. The van der Waals surface area contributed by atoms with E-state index in [0.717, 1.165) is 61.0 Å². The summed E-state index contributed by atoms with van der Waals surface area (Å²) in [5, 5.41) is 22.9. The summed E-state index contributed by atoms with van der Waals surface area (Å²) in [6, 6.07) is 40.4. The van der Waals surface area contributed by atoms with E-state index in [0.29, 0.717) is 0 Å². The zero-order valence-corrected chi connectivity index (χ0v) is 30.6. The fourth-order valence-corrected chi connectivity index (χ4v) is 7.25. The zero-order valence-electron chi connectivity index (χ0n) is 29.8. The molecule has 9 heteroatoms. The minimum Gasteiger partial charge on any atom is -0.380 e. The van der Waals surface area contributed by atoms with Gasteiger partial charge < -0.3 is 20.0 Å². The van der Waals surface area contributed by atoms with Gasteiger partial charge in [-0.3, -0.25) is 9.11 Å². The molecule has 8 nitrogen and oxygen atoms in total. The largest absolute Gasteiger partial charge is 0.394 e. The van der Waals surface area contributed by atoms with Crippen molar-refractivity contribution in [3.8, 4) is 0 Å². The molecule has 0 bridgehead atoms. The SMILES string of the molecule is O=S(=O)(O)O.OC(CCCN1CCCCC1)(c1ccccc1)c1ccccc1.OC(CCCN1CCCCC1)(c1ccccc1)c1ccccc1. The van der Waals surface area contributed by atoms with Crippen LogP contribution in [0.25, 0.3) is 0 Å². The standard InChI is InChI=1S/2C21H27NO.H2O4S/c2*23-21(19-11-4-1-5-12-19,20-13-6-2-7-14-20)15-10-18-22-16-8-3-9-17-22;1-5(2,3)4/h2*1-2,4-7,11-14,23H,3,8-10,15-18H2;(H2,1,2,3,4). The molecule has 2 aliphatic heterocycles. The summed E-state index contributed by atoms with van der Waals surface area (Å²) in [6.45, 7) is 7.04. The second kappa shape index (κ2) is 20.6. The van der Waals surface area contributed by atoms with Gasteiger partial charge in [-0.15, -0.1) is 0 Å². The molecule has 2 heterocycles. The van der Waals surface area contributed by atoms with Crippen LogP contribution in [0, 0.1) is 0 Å². The number of hydrogen-bond donors (Lipinski definition) is 4. The second-order valence-electron chi connectivity index (χ2n) is 13.6. The van der Waals surface area contributed by atoms with Crippen molar-refractivity contribution in [2.24, 2.45) is 0 Å². The Morgan fingerprint density at radius 2 is 0.686 bits per heavy atom. The molecule has 2 saturated heterocycles. The molecule has 0 amide bonds. The minimum absolute atomic E-state index is 0.761. The number of benzene rings is 4. The zero-order chi connectivity index (χ0) is 36.4. The van der Waals surface area contributed by atoms with Gasteiger partial charge in [-0.2, -0.15) is 8.42 Å². The van der Waals surface area contributed by atoms with Crippen molar-refractivity contribution >= 4 is 10.4 Å². The van der Waals surface area contributed by atoms with Gasteiger partial charge in [-0.1, -0.05) is 134 Å². The molecule has 0 aromatic heterocycles. The predicted molar refractivity (Wildman–Crippen MR) is 205 cm³/mol. The molecule has 6 rings (SSSR count). The number of rotatable bonds is 12. The van der Waals surface area contributed by atoms with Crippen LogP contribution in [0.2, 0.25) is 0 Å². The summed E-state index contributed by atoms with van der Waals surface area (Å²) in [6.07, 6.45) is 11.6. The number of hydrogen-bond acceptors (Lipinski definition) is 6. The molecular formula is C42H56N2O6S. The van der Waals surface area contributed by atoms with Gasteiger partial charge in [0.05, 0.1) is 0 Å². The van der Waals surface area contributed by atoms with Gasteiger partial charge in [0.25, 0.3) is 0 Å². The number of piperidine rings is 2. The molecule has 0 unspecified atom stereocenters. The van der Waals surface area contributed by atoms with E-state index in [1.807, 2.05) is 121 Å². The lowest BCUT2D eigenvalue weighted by molar-refractivity contribution is 0.0635. The second-order valence-corrected chi connectivity index (χ2v) is 14.5. The average molecular weight is 717 g/mol. The van der Waals surface area contributed by atoms with Crippen LogP contribution in [0.1, 0.15) is 86.5 Å². The summed E-state index contributed by atoms with van der Waals surface area (Å²) >= 11 is 0. The Hall–Kier alpha value is -3.41. The van der Waals surface area contributed by atoms with Gasteiger partial charge in [-0.05, 0) is 113 Å². The third kappa shape index (κ3) is 13.6. The molecule has 2 aliphatic rings. The van der Waals surface area contributed by atoms with Gasteiger partial charge in [0.1, 0.15) is 11.2 Å². The Labute approximate surface area is 305 Å². The minimum atomic E-state index is -4.67. The maximum atomic E-state index is 11.5. The highest BCUT2D eigenvalue weighted by molar-refractivity contribution is 7.79. The van der Waals surface area contributed by atoms with Crippen LogP contribution >= 0.6 is 0 Å². The fourth-order valence-electron chi connectivity index (χ4n) is 7.25. The van der Waals surface area contributed by atoms with Crippen molar-refractivity contribution in [2.45, 2.75) is 75.4 Å². The Kier molecular flexibility index (Phi) is 16.3. The molecular weight excluding hydrogens is 661 g/mol. The van der Waals surface area contributed by atoms with Crippen LogP contribution in [0.5, 0.6) is 0 Å². The van der Waals surface area contributed by atoms with Crippen LogP contribution < -0.4 is 0 Å². The highest BCUT2D eigenvalue weighted by atomic mass is 32.3. The molecule has 51 heavy (non-hydrogen) atoms. The van der Waals surface area contributed by atoms with Gasteiger partial charge in [0.15, 0.2) is 0 Å². The molecule has 0 saturated carbocycles. The molecule has 0 spiro atoms. The van der Waals surface area contributed by atoms with E-state index in [9.17, 15) is 10.2 Å². The Morgan fingerprint density at radius 3 is 0.922 bits per heavy atom. The predicted octanol–water partition coefficient (Wildman–Crippen LogP) is 7.72. The van der Waals surface area contributed by atoms with Crippen LogP contribution in [-0.4, -0.2) is 76.8 Å². The molecule has 2 fully saturated rings. The topological polar surface area (TPSA) is 122 Å². The van der Waals surface area contributed by atoms with E-state index in [2.05, 4.69) is 9.80 Å². The Morgan fingerprint density at radius 1 is 0.451 bits per heavy atom. The lowest BCUT2D eigenvalue weighted by Crippen LogP contribution is -2.33. The molecule has 0 radical (unpaired) electrons. The van der Waals surface area contributed by atoms with Gasteiger partial charge in [0.2, 0.25) is 0 Å². The maximum Gasteiger partial charge on any atom is 0.394 e. The summed E-state index contributed by atoms with van der Waals surface area (Å²) in [5.41, 5.74) is 2.18. The van der Waals surface area contributed by atoms with Crippen LogP contribution in [0.15, 0.2) is 121 Å². The third-order valence-electron chi connectivity index (χ3n) is 9.93. The maximum absolute atomic E-state index is 11.5. The highest BCUT2D eigenvalue weighted by Crippen LogP contribution is 2.35. The fraction of sp³-hybridized carbons (Fsp3) is 0.429. The Balaban J connectivity index is 0.000000202. The van der Waals surface area contributed by atoms with E-state index in [-0.39, 0.29) is 0 Å². The third-order valence-corrected chi connectivity index (χ3v) is 9.93. The first-order chi connectivity index (χ1) is 24.6.